The molecule has 2 atom stereocenters. The topological polar surface area (TPSA) is 73.6 Å². The lowest BCUT2D eigenvalue weighted by atomic mass is 9.63. The molecule has 0 bridgehead atoms. The lowest BCUT2D eigenvalue weighted by Gasteiger charge is -2.50. The molecular weight excluding hydrogens is 280 g/mol. The maximum atomic E-state index is 12.0. The van der Waals surface area contributed by atoms with Crippen molar-refractivity contribution in [2.75, 3.05) is 14.2 Å². The van der Waals surface area contributed by atoms with Crippen LogP contribution in [0.4, 0.5) is 0 Å². The molecule has 5 nitrogen and oxygen atoms in total. The number of carbonyl (C=O) groups excluding carboxylic acids is 1. The Bertz CT molecular complexity index is 581. The third-order valence-electron chi connectivity index (χ3n) is 4.49. The second kappa shape index (κ2) is 6.40. The molecule has 0 saturated heterocycles. The molecule has 2 unspecified atom stereocenters. The van der Waals surface area contributed by atoms with Crippen molar-refractivity contribution in [2.24, 2.45) is 11.1 Å². The van der Waals surface area contributed by atoms with Crippen LogP contribution in [0.15, 0.2) is 24.3 Å². The molecule has 3 N–H and O–H groups in total. The van der Waals surface area contributed by atoms with Gasteiger partial charge in [-0.1, -0.05) is 19.9 Å². The summed E-state index contributed by atoms with van der Waals surface area (Å²) in [5.41, 5.74) is 6.78. The molecule has 0 aliphatic heterocycles. The standard InChI is InChI=1S/C17H24N2O3/c1-17(2)14(18)10-15(17)19-16(20)8-6-11-5-7-12(21-3)13(9-11)22-4/h5-9,14-15H,10,18H2,1-4H3,(H,19,20)/b8-6+. The fourth-order valence-corrected chi connectivity index (χ4v) is 2.55. The number of rotatable bonds is 5. The van der Waals surface area contributed by atoms with Crippen molar-refractivity contribution in [1.82, 2.24) is 5.32 Å². The van der Waals surface area contributed by atoms with Crippen LogP contribution in [0.2, 0.25) is 0 Å². The van der Waals surface area contributed by atoms with E-state index in [9.17, 15) is 4.79 Å². The molecule has 0 spiro atoms. The molecule has 1 aromatic rings. The number of hydrogen-bond donors (Lipinski definition) is 2. The number of carbonyl (C=O) groups is 1. The van der Waals surface area contributed by atoms with Crippen LogP contribution in [0, 0.1) is 5.41 Å². The number of amides is 1. The number of nitrogens with two attached hydrogens (primary N) is 1. The second-order valence-corrected chi connectivity index (χ2v) is 6.17. The Morgan fingerprint density at radius 1 is 1.32 bits per heavy atom. The molecule has 1 aliphatic carbocycles. The Labute approximate surface area is 131 Å². The summed E-state index contributed by atoms with van der Waals surface area (Å²) in [7, 11) is 3.17. The van der Waals surface area contributed by atoms with Gasteiger partial charge in [0.25, 0.3) is 0 Å². The van der Waals surface area contributed by atoms with Gasteiger partial charge >= 0.3 is 0 Å². The Kier molecular flexibility index (Phi) is 4.76. The van der Waals surface area contributed by atoms with Crippen molar-refractivity contribution in [2.45, 2.75) is 32.4 Å². The van der Waals surface area contributed by atoms with E-state index in [-0.39, 0.29) is 23.4 Å². The predicted molar refractivity (Wildman–Crippen MR) is 86.9 cm³/mol. The summed E-state index contributed by atoms with van der Waals surface area (Å²) in [5, 5.41) is 3.00. The Balaban J connectivity index is 1.98. The number of ether oxygens (including phenoxy) is 2. The van der Waals surface area contributed by atoms with Crippen molar-refractivity contribution >= 4 is 12.0 Å². The van der Waals surface area contributed by atoms with Crippen LogP contribution >= 0.6 is 0 Å². The lowest BCUT2D eigenvalue weighted by molar-refractivity contribution is -0.119. The molecule has 120 valence electrons. The highest BCUT2D eigenvalue weighted by atomic mass is 16.5. The summed E-state index contributed by atoms with van der Waals surface area (Å²) >= 11 is 0. The van der Waals surface area contributed by atoms with Crippen LogP contribution in [0.5, 0.6) is 11.5 Å². The highest BCUT2D eigenvalue weighted by Gasteiger charge is 2.46. The Morgan fingerprint density at radius 3 is 2.55 bits per heavy atom. The van der Waals surface area contributed by atoms with Gasteiger partial charge in [-0.2, -0.15) is 0 Å². The van der Waals surface area contributed by atoms with E-state index >= 15 is 0 Å². The first-order valence-corrected chi connectivity index (χ1v) is 7.34. The summed E-state index contributed by atoms with van der Waals surface area (Å²) in [6.45, 7) is 4.15. The van der Waals surface area contributed by atoms with Crippen molar-refractivity contribution in [3.8, 4) is 11.5 Å². The average Bonchev–Trinajstić information content (AvgIpc) is 2.52. The van der Waals surface area contributed by atoms with Gasteiger partial charge < -0.3 is 20.5 Å². The van der Waals surface area contributed by atoms with Gasteiger partial charge in [0.2, 0.25) is 5.91 Å². The highest BCUT2D eigenvalue weighted by molar-refractivity contribution is 5.92. The first kappa shape index (κ1) is 16.4. The molecule has 0 heterocycles. The van der Waals surface area contributed by atoms with Gasteiger partial charge in [0, 0.05) is 23.6 Å². The average molecular weight is 304 g/mol. The van der Waals surface area contributed by atoms with Crippen LogP contribution in [0.25, 0.3) is 6.08 Å². The quantitative estimate of drug-likeness (QED) is 0.816. The van der Waals surface area contributed by atoms with E-state index in [4.69, 9.17) is 15.2 Å². The van der Waals surface area contributed by atoms with Gasteiger partial charge in [0.05, 0.1) is 14.2 Å². The summed E-state index contributed by atoms with van der Waals surface area (Å²) in [6, 6.07) is 5.78. The maximum absolute atomic E-state index is 12.0. The summed E-state index contributed by atoms with van der Waals surface area (Å²) < 4.78 is 10.4. The minimum atomic E-state index is -0.111. The van der Waals surface area contributed by atoms with Crippen molar-refractivity contribution in [3.63, 3.8) is 0 Å². The SMILES string of the molecule is COc1ccc(/C=C/C(=O)NC2CC(N)C2(C)C)cc1OC. The molecule has 0 aromatic heterocycles. The number of hydrogen-bond acceptors (Lipinski definition) is 4. The van der Waals surface area contributed by atoms with Gasteiger partial charge in [-0.3, -0.25) is 4.79 Å². The fourth-order valence-electron chi connectivity index (χ4n) is 2.55. The van der Waals surface area contributed by atoms with Gasteiger partial charge in [-0.05, 0) is 30.2 Å². The van der Waals surface area contributed by atoms with Crippen LogP contribution in [-0.2, 0) is 4.79 Å². The molecule has 22 heavy (non-hydrogen) atoms. The van der Waals surface area contributed by atoms with Gasteiger partial charge in [0.1, 0.15) is 0 Å². The smallest absolute Gasteiger partial charge is 0.244 e. The minimum absolute atomic E-state index is 0.0488. The molecule has 1 aromatic carbocycles. The maximum Gasteiger partial charge on any atom is 0.244 e. The summed E-state index contributed by atoms with van der Waals surface area (Å²) in [5.74, 6) is 1.19. The van der Waals surface area contributed by atoms with Crippen LogP contribution in [0.3, 0.4) is 0 Å². The van der Waals surface area contributed by atoms with Gasteiger partial charge in [-0.25, -0.2) is 0 Å². The number of nitrogens with one attached hydrogen (secondary N) is 1. The minimum Gasteiger partial charge on any atom is -0.493 e. The van der Waals surface area contributed by atoms with Crippen molar-refractivity contribution < 1.29 is 14.3 Å². The van der Waals surface area contributed by atoms with Crippen molar-refractivity contribution in [1.29, 1.82) is 0 Å². The largest absolute Gasteiger partial charge is 0.493 e. The van der Waals surface area contributed by atoms with E-state index in [0.717, 1.165) is 12.0 Å². The van der Waals surface area contributed by atoms with Crippen LogP contribution in [-0.4, -0.2) is 32.2 Å². The molecule has 1 fully saturated rings. The lowest BCUT2D eigenvalue weighted by Crippen LogP contribution is -2.64. The Morgan fingerprint density at radius 2 is 2.00 bits per heavy atom. The van der Waals surface area contributed by atoms with E-state index in [1.807, 2.05) is 18.2 Å². The molecule has 1 amide bonds. The molecule has 0 radical (unpaired) electrons. The summed E-state index contributed by atoms with van der Waals surface area (Å²) in [4.78, 5) is 12.0. The first-order chi connectivity index (χ1) is 10.4. The zero-order chi connectivity index (χ0) is 16.3. The molecule has 1 aliphatic rings. The van der Waals surface area contributed by atoms with Crippen LogP contribution in [0.1, 0.15) is 25.8 Å². The first-order valence-electron chi connectivity index (χ1n) is 7.34. The monoisotopic (exact) mass is 304 g/mol. The summed E-state index contributed by atoms with van der Waals surface area (Å²) in [6.07, 6.45) is 4.10. The molecular formula is C17H24N2O3. The molecule has 2 rings (SSSR count). The van der Waals surface area contributed by atoms with Gasteiger partial charge in [0.15, 0.2) is 11.5 Å². The third kappa shape index (κ3) is 3.25. The number of methoxy groups -OCH3 is 2. The van der Waals surface area contributed by atoms with E-state index < -0.39 is 0 Å². The van der Waals surface area contributed by atoms with Crippen molar-refractivity contribution in [3.05, 3.63) is 29.8 Å². The third-order valence-corrected chi connectivity index (χ3v) is 4.49. The zero-order valence-electron chi connectivity index (χ0n) is 13.6. The predicted octanol–water partition coefficient (Wildman–Crippen LogP) is 1.96. The molecule has 5 heteroatoms. The van der Waals surface area contributed by atoms with E-state index in [1.165, 1.54) is 6.08 Å². The Hall–Kier alpha value is -2.01. The molecule has 1 saturated carbocycles. The zero-order valence-corrected chi connectivity index (χ0v) is 13.6. The highest BCUT2D eigenvalue weighted by Crippen LogP contribution is 2.38. The van der Waals surface area contributed by atoms with Crippen LogP contribution < -0.4 is 20.5 Å². The normalized spacial score (nSPS) is 23.0. The second-order valence-electron chi connectivity index (χ2n) is 6.17. The van der Waals surface area contributed by atoms with E-state index in [0.29, 0.717) is 11.5 Å². The van der Waals surface area contributed by atoms with E-state index in [1.54, 1.807) is 20.3 Å². The fraction of sp³-hybridized carbons (Fsp3) is 0.471. The van der Waals surface area contributed by atoms with Gasteiger partial charge in [-0.15, -0.1) is 0 Å². The number of benzene rings is 1. The van der Waals surface area contributed by atoms with E-state index in [2.05, 4.69) is 19.2 Å².